The maximum absolute atomic E-state index is 14.3. The van der Waals surface area contributed by atoms with Crippen LogP contribution in [0.15, 0.2) is 54.7 Å². The highest BCUT2D eigenvalue weighted by molar-refractivity contribution is 5.92. The Morgan fingerprint density at radius 1 is 1.14 bits per heavy atom. The second kappa shape index (κ2) is 12.3. The number of carboxylic acids is 1. The summed E-state index contributed by atoms with van der Waals surface area (Å²) in [5, 5.41) is 27.9. The molecule has 0 unspecified atom stereocenters. The first kappa shape index (κ1) is 29.1. The van der Waals surface area contributed by atoms with Crippen molar-refractivity contribution in [1.82, 2.24) is 19.4 Å². The van der Waals surface area contributed by atoms with Gasteiger partial charge in [0.1, 0.15) is 18.5 Å². The van der Waals surface area contributed by atoms with Crippen LogP contribution in [0.1, 0.15) is 59.4 Å². The SMILES string of the molecule is N#CCC1(Cn2c(CN3CCC(Oc4ncccc4COc4ccc(C#N)cc4F)CC3)nc3ccc(C(=O)O)cc32)CC1. The highest BCUT2D eigenvalue weighted by Crippen LogP contribution is 2.50. The number of hydrogen-bond donors (Lipinski definition) is 1. The third kappa shape index (κ3) is 6.34. The van der Waals surface area contributed by atoms with Crippen molar-refractivity contribution in [2.45, 2.75) is 57.9 Å². The van der Waals surface area contributed by atoms with Gasteiger partial charge in [0.15, 0.2) is 11.6 Å². The van der Waals surface area contributed by atoms with Gasteiger partial charge in [0.25, 0.3) is 0 Å². The lowest BCUT2D eigenvalue weighted by Gasteiger charge is -2.32. The number of hydrogen-bond acceptors (Lipinski definition) is 8. The van der Waals surface area contributed by atoms with E-state index >= 15 is 0 Å². The van der Waals surface area contributed by atoms with Crippen LogP contribution in [0.25, 0.3) is 11.0 Å². The van der Waals surface area contributed by atoms with E-state index in [0.29, 0.717) is 31.0 Å². The van der Waals surface area contributed by atoms with Crippen LogP contribution in [0.5, 0.6) is 11.6 Å². The third-order valence-corrected chi connectivity index (χ3v) is 8.45. The van der Waals surface area contributed by atoms with Gasteiger partial charge < -0.3 is 19.1 Å². The molecule has 6 rings (SSSR count). The Hall–Kier alpha value is -5.00. The molecule has 224 valence electrons. The van der Waals surface area contributed by atoms with E-state index in [1.54, 1.807) is 30.5 Å². The second-order valence-electron chi connectivity index (χ2n) is 11.6. The van der Waals surface area contributed by atoms with Crippen molar-refractivity contribution in [2.24, 2.45) is 5.41 Å². The van der Waals surface area contributed by atoms with Crippen molar-refractivity contribution < 1.29 is 23.8 Å². The lowest BCUT2D eigenvalue weighted by molar-refractivity contribution is 0.0697. The molecular formula is C33H31FN6O4. The summed E-state index contributed by atoms with van der Waals surface area (Å²) in [5.41, 5.74) is 2.60. The molecule has 1 N–H and O–H groups in total. The minimum absolute atomic E-state index is 0.0533. The van der Waals surface area contributed by atoms with Gasteiger partial charge >= 0.3 is 5.97 Å². The molecule has 2 fully saturated rings. The standard InChI is InChI=1S/C33H31FN6O4/c34-26-16-22(18-36)3-6-29(26)43-20-24-2-1-13-37-31(24)44-25-7-14-39(15-8-25)19-30-38-27-5-4-23(32(41)42)17-28(27)40(30)21-33(9-10-33)11-12-35/h1-6,13,16-17,25H,7-11,14-15,19-21H2,(H,41,42). The molecule has 2 aliphatic rings. The number of halogens is 1. The summed E-state index contributed by atoms with van der Waals surface area (Å²) in [6.07, 6.45) is 5.54. The van der Waals surface area contributed by atoms with Gasteiger partial charge in [-0.3, -0.25) is 4.90 Å². The van der Waals surface area contributed by atoms with Crippen LogP contribution >= 0.6 is 0 Å². The van der Waals surface area contributed by atoms with Gasteiger partial charge in [0.05, 0.1) is 46.4 Å². The number of piperidine rings is 1. The Balaban J connectivity index is 1.11. The molecule has 0 atom stereocenters. The van der Waals surface area contributed by atoms with Crippen LogP contribution in [0.4, 0.5) is 4.39 Å². The maximum Gasteiger partial charge on any atom is 0.335 e. The van der Waals surface area contributed by atoms with Crippen LogP contribution in [0.2, 0.25) is 0 Å². The van der Waals surface area contributed by atoms with E-state index in [1.807, 2.05) is 12.1 Å². The molecule has 0 amide bonds. The Morgan fingerprint density at radius 3 is 2.66 bits per heavy atom. The topological polar surface area (TPSA) is 137 Å². The van der Waals surface area contributed by atoms with Crippen LogP contribution in [0.3, 0.4) is 0 Å². The first-order valence-electron chi connectivity index (χ1n) is 14.6. The molecule has 1 saturated carbocycles. The minimum atomic E-state index is -0.981. The molecule has 44 heavy (non-hydrogen) atoms. The van der Waals surface area contributed by atoms with E-state index in [-0.39, 0.29) is 35.0 Å². The Labute approximate surface area is 253 Å². The molecule has 11 heteroatoms. The highest BCUT2D eigenvalue weighted by Gasteiger charge is 2.43. The lowest BCUT2D eigenvalue weighted by atomic mass is 10.0. The number of aromatic carboxylic acids is 1. The van der Waals surface area contributed by atoms with Crippen molar-refractivity contribution in [3.63, 3.8) is 0 Å². The highest BCUT2D eigenvalue weighted by atomic mass is 19.1. The number of imidazole rings is 1. The monoisotopic (exact) mass is 594 g/mol. The summed E-state index contributed by atoms with van der Waals surface area (Å²) in [5.74, 6) is -0.215. The number of ether oxygens (including phenoxy) is 2. The van der Waals surface area contributed by atoms with Crippen LogP contribution < -0.4 is 9.47 Å². The number of pyridine rings is 1. The Bertz CT molecular complexity index is 1780. The van der Waals surface area contributed by atoms with Crippen molar-refractivity contribution in [2.75, 3.05) is 13.1 Å². The number of fused-ring (bicyclic) bond motifs is 1. The van der Waals surface area contributed by atoms with Gasteiger partial charge in [-0.05, 0) is 74.2 Å². The molecular weight excluding hydrogens is 563 g/mol. The van der Waals surface area contributed by atoms with Crippen molar-refractivity contribution in [1.29, 1.82) is 10.5 Å². The predicted octanol–water partition coefficient (Wildman–Crippen LogP) is 5.46. The second-order valence-corrected chi connectivity index (χ2v) is 11.6. The van der Waals surface area contributed by atoms with Gasteiger partial charge in [-0.25, -0.2) is 19.2 Å². The maximum atomic E-state index is 14.3. The zero-order valence-electron chi connectivity index (χ0n) is 24.1. The van der Waals surface area contributed by atoms with Crippen LogP contribution in [-0.2, 0) is 19.7 Å². The van der Waals surface area contributed by atoms with E-state index in [1.165, 1.54) is 12.1 Å². The van der Waals surface area contributed by atoms with E-state index in [0.717, 1.165) is 61.7 Å². The van der Waals surface area contributed by atoms with E-state index in [4.69, 9.17) is 19.7 Å². The zero-order valence-corrected chi connectivity index (χ0v) is 24.1. The number of likely N-dealkylation sites (tertiary alicyclic amines) is 1. The van der Waals surface area contributed by atoms with Crippen LogP contribution in [0, 0.1) is 33.9 Å². The van der Waals surface area contributed by atoms with E-state index in [9.17, 15) is 19.6 Å². The Morgan fingerprint density at radius 2 is 1.95 bits per heavy atom. The molecule has 1 saturated heterocycles. The number of carboxylic acid groups (broad SMARTS) is 1. The van der Waals surface area contributed by atoms with Gasteiger partial charge in [-0.1, -0.05) is 0 Å². The predicted molar refractivity (Wildman–Crippen MR) is 157 cm³/mol. The number of rotatable bonds is 11. The molecule has 0 radical (unpaired) electrons. The van der Waals surface area contributed by atoms with Gasteiger partial charge in [-0.15, -0.1) is 0 Å². The summed E-state index contributed by atoms with van der Waals surface area (Å²) in [6.45, 7) is 2.86. The number of nitrogens with zero attached hydrogens (tertiary/aromatic N) is 6. The van der Waals surface area contributed by atoms with Gasteiger partial charge in [0, 0.05) is 37.7 Å². The lowest BCUT2D eigenvalue weighted by Crippen LogP contribution is -2.38. The first-order chi connectivity index (χ1) is 21.4. The fraction of sp³-hybridized carbons (Fsp3) is 0.364. The number of nitriles is 2. The van der Waals surface area contributed by atoms with Crippen molar-refractivity contribution >= 4 is 17.0 Å². The fourth-order valence-corrected chi connectivity index (χ4v) is 5.70. The zero-order chi connectivity index (χ0) is 30.7. The summed E-state index contributed by atoms with van der Waals surface area (Å²) >= 11 is 0. The molecule has 3 heterocycles. The average Bonchev–Trinajstić information content (AvgIpc) is 3.71. The largest absolute Gasteiger partial charge is 0.486 e. The molecule has 2 aromatic carbocycles. The fourth-order valence-electron chi connectivity index (χ4n) is 5.70. The smallest absolute Gasteiger partial charge is 0.335 e. The summed E-state index contributed by atoms with van der Waals surface area (Å²) in [7, 11) is 0. The summed E-state index contributed by atoms with van der Waals surface area (Å²) in [4.78, 5) is 23.3. The molecule has 1 aliphatic carbocycles. The minimum Gasteiger partial charge on any atom is -0.486 e. The molecule has 1 aliphatic heterocycles. The molecule has 0 bridgehead atoms. The number of aromatic nitrogens is 3. The molecule has 10 nitrogen and oxygen atoms in total. The van der Waals surface area contributed by atoms with Crippen molar-refractivity contribution in [3.8, 4) is 23.8 Å². The molecule has 4 aromatic rings. The van der Waals surface area contributed by atoms with Crippen LogP contribution in [-0.4, -0.2) is 49.7 Å². The van der Waals surface area contributed by atoms with E-state index < -0.39 is 11.8 Å². The van der Waals surface area contributed by atoms with Gasteiger partial charge in [0.2, 0.25) is 5.88 Å². The third-order valence-electron chi connectivity index (χ3n) is 8.45. The van der Waals surface area contributed by atoms with Crippen molar-refractivity contribution in [3.05, 3.63) is 83.1 Å². The normalized spacial score (nSPS) is 16.2. The van der Waals surface area contributed by atoms with Gasteiger partial charge in [-0.2, -0.15) is 10.5 Å². The average molecular weight is 595 g/mol. The van der Waals surface area contributed by atoms with E-state index in [2.05, 4.69) is 20.5 Å². The first-order valence-corrected chi connectivity index (χ1v) is 14.6. The quantitative estimate of drug-likeness (QED) is 0.240. The number of benzene rings is 2. The summed E-state index contributed by atoms with van der Waals surface area (Å²) in [6, 6.07) is 16.9. The Kier molecular flexibility index (Phi) is 8.14. The number of carbonyl (C=O) groups is 1. The summed E-state index contributed by atoms with van der Waals surface area (Å²) < 4.78 is 28.4. The molecule has 0 spiro atoms. The molecule has 2 aromatic heterocycles.